The molecule has 0 unspecified atom stereocenters. The molecule has 8 heterocycles. The second-order valence-electron chi connectivity index (χ2n) is 11.4. The van der Waals surface area contributed by atoms with Gasteiger partial charge in [-0.1, -0.05) is 24.3 Å². The average Bonchev–Trinajstić information content (AvgIpc) is 3.75. The van der Waals surface area contributed by atoms with Crippen molar-refractivity contribution in [2.75, 3.05) is 0 Å². The Hall–Kier alpha value is -5.70. The first-order chi connectivity index (χ1) is 23.6. The van der Waals surface area contributed by atoms with Crippen LogP contribution in [0.4, 0.5) is 0 Å². The van der Waals surface area contributed by atoms with Crippen LogP contribution in [0, 0.1) is 13.8 Å². The minimum atomic E-state index is 0.822. The van der Waals surface area contributed by atoms with E-state index in [9.17, 15) is 0 Å². The molecular weight excluding hydrogens is 629 g/mol. The summed E-state index contributed by atoms with van der Waals surface area (Å²) >= 11 is 3.60. The summed E-state index contributed by atoms with van der Waals surface area (Å²) in [5.74, 6) is 0. The van der Waals surface area contributed by atoms with Crippen molar-refractivity contribution in [3.63, 3.8) is 0 Å². The van der Waals surface area contributed by atoms with Gasteiger partial charge in [-0.3, -0.25) is 19.9 Å². The van der Waals surface area contributed by atoms with Crippen LogP contribution in [0.5, 0.6) is 0 Å². The van der Waals surface area contributed by atoms with Crippen LogP contribution in [0.25, 0.3) is 76.2 Å². The van der Waals surface area contributed by atoms with Crippen molar-refractivity contribution in [1.29, 1.82) is 0 Å². The molecule has 6 nitrogen and oxygen atoms in total. The molecule has 0 aliphatic heterocycles. The van der Waals surface area contributed by atoms with Gasteiger partial charge in [0.2, 0.25) is 0 Å². The van der Waals surface area contributed by atoms with Gasteiger partial charge >= 0.3 is 0 Å². The summed E-state index contributed by atoms with van der Waals surface area (Å²) in [6, 6.07) is 36.8. The number of pyridine rings is 6. The number of rotatable bonds is 7. The Morgan fingerprint density at radius 3 is 0.958 bits per heavy atom. The van der Waals surface area contributed by atoms with Gasteiger partial charge < -0.3 is 0 Å². The van der Waals surface area contributed by atoms with E-state index < -0.39 is 0 Å². The Kier molecular flexibility index (Phi) is 7.94. The van der Waals surface area contributed by atoms with E-state index in [1.807, 2.05) is 72.8 Å². The minimum Gasteiger partial charge on any atom is -0.255 e. The third-order valence-electron chi connectivity index (χ3n) is 7.96. The number of nitrogens with zero attached hydrogens (tertiary/aromatic N) is 6. The second-order valence-corrected chi connectivity index (χ2v) is 13.5. The number of thiophene rings is 2. The zero-order valence-corrected chi connectivity index (χ0v) is 27.8. The van der Waals surface area contributed by atoms with Crippen molar-refractivity contribution in [1.82, 2.24) is 29.9 Å². The Morgan fingerprint density at radius 2 is 0.688 bits per heavy atom. The Bertz CT molecular complexity index is 2070. The maximum Gasteiger partial charge on any atom is 0.0900 e. The summed E-state index contributed by atoms with van der Waals surface area (Å²) in [7, 11) is 0. The molecule has 8 aromatic heterocycles. The Balaban J connectivity index is 1.21. The fraction of sp³-hybridized carbons (Fsp3) is 0.0500. The largest absolute Gasteiger partial charge is 0.255 e. The van der Waals surface area contributed by atoms with Gasteiger partial charge in [-0.2, -0.15) is 0 Å². The first kappa shape index (κ1) is 29.7. The quantitative estimate of drug-likeness (QED) is 0.170. The zero-order chi connectivity index (χ0) is 32.5. The number of hydrogen-bond acceptors (Lipinski definition) is 8. The number of aryl methyl sites for hydroxylation is 2. The molecule has 0 saturated carbocycles. The molecule has 8 rings (SSSR count). The third kappa shape index (κ3) is 5.95. The normalized spacial score (nSPS) is 11.1. The fourth-order valence-corrected chi connectivity index (χ4v) is 8.08. The van der Waals surface area contributed by atoms with Crippen molar-refractivity contribution in [2.24, 2.45) is 0 Å². The average molecular weight is 657 g/mol. The molecule has 0 aliphatic rings. The summed E-state index contributed by atoms with van der Waals surface area (Å²) in [4.78, 5) is 33.2. The highest BCUT2D eigenvalue weighted by molar-refractivity contribution is 7.25. The van der Waals surface area contributed by atoms with Crippen molar-refractivity contribution in [3.8, 4) is 76.2 Å². The molecule has 0 N–H and O–H groups in total. The molecule has 0 bridgehead atoms. The van der Waals surface area contributed by atoms with Gasteiger partial charge in [0.1, 0.15) is 0 Å². The molecule has 8 heteroatoms. The monoisotopic (exact) mass is 656 g/mol. The third-order valence-corrected chi connectivity index (χ3v) is 10.7. The van der Waals surface area contributed by atoms with Crippen LogP contribution in [0.15, 0.2) is 134 Å². The van der Waals surface area contributed by atoms with Crippen LogP contribution in [0.3, 0.4) is 0 Å². The van der Waals surface area contributed by atoms with E-state index in [-0.39, 0.29) is 0 Å². The van der Waals surface area contributed by atoms with Gasteiger partial charge in [-0.25, -0.2) is 9.97 Å². The molecule has 48 heavy (non-hydrogen) atoms. The molecule has 0 radical (unpaired) electrons. The van der Waals surface area contributed by atoms with E-state index in [0.717, 1.165) is 56.7 Å². The van der Waals surface area contributed by atoms with E-state index >= 15 is 0 Å². The highest BCUT2D eigenvalue weighted by atomic mass is 32.1. The first-order valence-electron chi connectivity index (χ1n) is 15.5. The van der Waals surface area contributed by atoms with E-state index in [4.69, 9.17) is 9.97 Å². The lowest BCUT2D eigenvalue weighted by Gasteiger charge is -2.09. The summed E-state index contributed by atoms with van der Waals surface area (Å²) < 4.78 is 0. The minimum absolute atomic E-state index is 0.822. The topological polar surface area (TPSA) is 77.3 Å². The lowest BCUT2D eigenvalue weighted by Crippen LogP contribution is -1.93. The predicted octanol–water partition coefficient (Wildman–Crippen LogP) is 10.5. The lowest BCUT2D eigenvalue weighted by atomic mass is 10.1. The van der Waals surface area contributed by atoms with Gasteiger partial charge in [0.15, 0.2) is 0 Å². The fourth-order valence-electron chi connectivity index (χ4n) is 5.69. The van der Waals surface area contributed by atoms with Gasteiger partial charge in [0.05, 0.1) is 45.6 Å². The Morgan fingerprint density at radius 1 is 0.375 bits per heavy atom. The molecular formula is C40H28N6S2. The van der Waals surface area contributed by atoms with Crippen molar-refractivity contribution >= 4 is 22.7 Å². The molecule has 0 spiro atoms. The second kappa shape index (κ2) is 12.8. The van der Waals surface area contributed by atoms with Crippen molar-refractivity contribution < 1.29 is 0 Å². The van der Waals surface area contributed by atoms with Crippen LogP contribution in [0.1, 0.15) is 11.1 Å². The SMILES string of the molecule is Cc1cc(-c2cc(C)c(-c3cc(-c4ccccn4)nc(-c4ccccn4)c3)s2)sc1-c1cc(-c2ccccn2)nc(-c2ccccn2)c1. The molecule has 0 aliphatic carbocycles. The van der Waals surface area contributed by atoms with Crippen molar-refractivity contribution in [3.05, 3.63) is 145 Å². The van der Waals surface area contributed by atoms with Gasteiger partial charge in [0, 0.05) is 44.3 Å². The number of aromatic nitrogens is 6. The van der Waals surface area contributed by atoms with Crippen LogP contribution in [-0.4, -0.2) is 29.9 Å². The molecule has 0 aromatic carbocycles. The van der Waals surface area contributed by atoms with Crippen LogP contribution >= 0.6 is 22.7 Å². The zero-order valence-electron chi connectivity index (χ0n) is 26.2. The summed E-state index contributed by atoms with van der Waals surface area (Å²) in [6.45, 7) is 4.36. The predicted molar refractivity (Wildman–Crippen MR) is 196 cm³/mol. The van der Waals surface area contributed by atoms with E-state index in [0.29, 0.717) is 0 Å². The molecule has 230 valence electrons. The highest BCUT2D eigenvalue weighted by Gasteiger charge is 2.18. The first-order valence-corrected chi connectivity index (χ1v) is 17.1. The van der Waals surface area contributed by atoms with E-state index in [2.05, 4.69) is 70.2 Å². The summed E-state index contributed by atoms with van der Waals surface area (Å²) in [5.41, 5.74) is 11.2. The van der Waals surface area contributed by atoms with E-state index in [1.54, 1.807) is 47.5 Å². The maximum absolute atomic E-state index is 4.97. The van der Waals surface area contributed by atoms with Gasteiger partial charge in [-0.05, 0) is 121 Å². The smallest absolute Gasteiger partial charge is 0.0900 e. The van der Waals surface area contributed by atoms with Crippen molar-refractivity contribution in [2.45, 2.75) is 13.8 Å². The lowest BCUT2D eigenvalue weighted by molar-refractivity contribution is 1.22. The molecule has 8 aromatic rings. The maximum atomic E-state index is 4.97. The standard InChI is InChI=1S/C40H28N6S2/c1-25-19-37(47-39(25)27-21-33(29-11-3-7-15-41-29)45-34(22-27)30-12-4-8-16-42-30)38-20-26(2)40(48-38)28-23-35(31-13-5-9-17-43-31)46-36(24-28)32-14-6-10-18-44-32/h3-24H,1-2H3. The Labute approximate surface area is 286 Å². The molecule has 0 fully saturated rings. The van der Waals surface area contributed by atoms with Crippen LogP contribution in [0.2, 0.25) is 0 Å². The number of hydrogen-bond donors (Lipinski definition) is 0. The van der Waals surface area contributed by atoms with Gasteiger partial charge in [0.25, 0.3) is 0 Å². The molecule has 0 atom stereocenters. The molecule has 0 saturated heterocycles. The van der Waals surface area contributed by atoms with Crippen LogP contribution in [-0.2, 0) is 0 Å². The van der Waals surface area contributed by atoms with Crippen LogP contribution < -0.4 is 0 Å². The summed E-state index contributed by atoms with van der Waals surface area (Å²) in [5, 5.41) is 0. The molecule has 0 amide bonds. The van der Waals surface area contributed by atoms with E-state index in [1.165, 1.54) is 30.6 Å². The highest BCUT2D eigenvalue weighted by Crippen LogP contribution is 2.45. The summed E-state index contributed by atoms with van der Waals surface area (Å²) in [6.07, 6.45) is 7.21. The van der Waals surface area contributed by atoms with Gasteiger partial charge in [-0.15, -0.1) is 22.7 Å².